The summed E-state index contributed by atoms with van der Waals surface area (Å²) in [6.07, 6.45) is 6.94. The molecule has 0 saturated carbocycles. The molecule has 1 aromatic carbocycles. The molecule has 3 aromatic rings. The highest BCUT2D eigenvalue weighted by atomic mass is 16.5. The molecule has 3 heterocycles. The van der Waals surface area contributed by atoms with Crippen molar-refractivity contribution in [3.63, 3.8) is 0 Å². The fourth-order valence-corrected chi connectivity index (χ4v) is 4.75. The first-order valence-corrected chi connectivity index (χ1v) is 12.8. The summed E-state index contributed by atoms with van der Waals surface area (Å²) in [5.41, 5.74) is 3.53. The summed E-state index contributed by atoms with van der Waals surface area (Å²) in [5.74, 6) is 7.08. The van der Waals surface area contributed by atoms with Gasteiger partial charge in [0.15, 0.2) is 0 Å². The summed E-state index contributed by atoms with van der Waals surface area (Å²) in [7, 11) is 5.10. The van der Waals surface area contributed by atoms with Crippen molar-refractivity contribution in [1.29, 1.82) is 0 Å². The van der Waals surface area contributed by atoms with Gasteiger partial charge in [0.1, 0.15) is 11.5 Å². The van der Waals surface area contributed by atoms with Gasteiger partial charge in [0.25, 0.3) is 5.56 Å². The number of nitrogens with zero attached hydrogens (tertiary/aromatic N) is 6. The highest BCUT2D eigenvalue weighted by Crippen LogP contribution is 2.37. The SMILES string of the molecule is COc1cc(-c2cn(C)c(=O)c3cnccc23)cc(OC)c1CN1CCN(C/C(C=NC(C)C)=N/N)CC1. The average Bonchev–Trinajstić information content (AvgIpc) is 2.93. The lowest BCUT2D eigenvalue weighted by Gasteiger charge is -2.35. The summed E-state index contributed by atoms with van der Waals surface area (Å²) in [6.45, 7) is 9.03. The molecule has 4 rings (SSSR count). The van der Waals surface area contributed by atoms with Crippen LogP contribution in [-0.4, -0.2) is 84.3 Å². The number of hydrogen-bond donors (Lipinski definition) is 1. The maximum Gasteiger partial charge on any atom is 0.259 e. The molecule has 1 fully saturated rings. The molecule has 2 N–H and O–H groups in total. The Labute approximate surface area is 223 Å². The zero-order valence-corrected chi connectivity index (χ0v) is 22.8. The van der Waals surface area contributed by atoms with Crippen LogP contribution in [0.4, 0.5) is 0 Å². The van der Waals surface area contributed by atoms with E-state index in [9.17, 15) is 4.79 Å². The van der Waals surface area contributed by atoms with Crippen LogP contribution < -0.4 is 20.9 Å². The van der Waals surface area contributed by atoms with Gasteiger partial charge in [0.2, 0.25) is 0 Å². The first-order valence-electron chi connectivity index (χ1n) is 12.8. The predicted octanol–water partition coefficient (Wildman–Crippen LogP) is 2.53. The van der Waals surface area contributed by atoms with E-state index in [1.54, 1.807) is 44.4 Å². The Kier molecular flexibility index (Phi) is 8.75. The third-order valence-electron chi connectivity index (χ3n) is 6.82. The second-order valence-corrected chi connectivity index (χ2v) is 9.78. The summed E-state index contributed by atoms with van der Waals surface area (Å²) in [5, 5.41) is 5.32. The van der Waals surface area contributed by atoms with E-state index >= 15 is 0 Å². The molecule has 1 saturated heterocycles. The maximum atomic E-state index is 12.6. The van der Waals surface area contributed by atoms with Crippen molar-refractivity contribution < 1.29 is 9.47 Å². The second-order valence-electron chi connectivity index (χ2n) is 9.78. The monoisotopic (exact) mass is 519 g/mol. The number of methoxy groups -OCH3 is 2. The average molecular weight is 520 g/mol. The molecule has 0 spiro atoms. The molecule has 0 unspecified atom stereocenters. The van der Waals surface area contributed by atoms with Gasteiger partial charge in [-0.1, -0.05) is 0 Å². The Morgan fingerprint density at radius 3 is 2.37 bits per heavy atom. The Morgan fingerprint density at radius 1 is 1.11 bits per heavy atom. The molecule has 1 aliphatic heterocycles. The van der Waals surface area contributed by atoms with E-state index in [1.165, 1.54) is 0 Å². The minimum absolute atomic E-state index is 0.0800. The summed E-state index contributed by atoms with van der Waals surface area (Å²) in [6, 6.07) is 6.12. The quantitative estimate of drug-likeness (QED) is 0.263. The van der Waals surface area contributed by atoms with Gasteiger partial charge >= 0.3 is 0 Å². The number of aromatic nitrogens is 2. The molecule has 0 radical (unpaired) electrons. The van der Waals surface area contributed by atoms with Gasteiger partial charge in [-0.2, -0.15) is 5.10 Å². The maximum absolute atomic E-state index is 12.6. The van der Waals surface area contributed by atoms with E-state index in [0.717, 1.165) is 65.5 Å². The van der Waals surface area contributed by atoms with E-state index in [2.05, 4.69) is 24.9 Å². The van der Waals surface area contributed by atoms with Gasteiger partial charge in [-0.15, -0.1) is 0 Å². The summed E-state index contributed by atoms with van der Waals surface area (Å²) >= 11 is 0. The lowest BCUT2D eigenvalue weighted by atomic mass is 9.99. The van der Waals surface area contributed by atoms with Crippen LogP contribution in [0.1, 0.15) is 19.4 Å². The highest BCUT2D eigenvalue weighted by Gasteiger charge is 2.22. The predicted molar refractivity (Wildman–Crippen MR) is 152 cm³/mol. The van der Waals surface area contributed by atoms with Crippen LogP contribution in [-0.2, 0) is 13.6 Å². The van der Waals surface area contributed by atoms with Crippen molar-refractivity contribution in [1.82, 2.24) is 19.4 Å². The van der Waals surface area contributed by atoms with E-state index in [1.807, 2.05) is 38.2 Å². The number of hydrogen-bond acceptors (Lipinski definition) is 9. The lowest BCUT2D eigenvalue weighted by molar-refractivity contribution is 0.138. The molecule has 202 valence electrons. The molecule has 2 aromatic heterocycles. The molecule has 0 aliphatic carbocycles. The van der Waals surface area contributed by atoms with E-state index in [-0.39, 0.29) is 11.6 Å². The standard InChI is InChI=1S/C28H37N7O3/c1-19(2)31-14-21(32-29)16-34-8-10-35(11-9-34)18-25-26(37-4)12-20(13-27(25)38-5)24-17-33(3)28(36)23-15-30-7-6-22(23)24/h6-7,12-15,17,19H,8-11,16,18,29H2,1-5H3/b31-14?,32-21+. The molecule has 38 heavy (non-hydrogen) atoms. The first kappa shape index (κ1) is 27.3. The number of aryl methyl sites for hydroxylation is 1. The molecule has 0 bridgehead atoms. The summed E-state index contributed by atoms with van der Waals surface area (Å²) < 4.78 is 13.3. The molecule has 0 amide bonds. The first-order chi connectivity index (χ1) is 18.3. The molecule has 1 aliphatic rings. The van der Waals surface area contributed by atoms with Crippen LogP contribution in [0.3, 0.4) is 0 Å². The minimum atomic E-state index is -0.0800. The normalized spacial score (nSPS) is 15.6. The number of ether oxygens (including phenoxy) is 2. The number of pyridine rings is 2. The Hall–Kier alpha value is -3.76. The fourth-order valence-electron chi connectivity index (χ4n) is 4.75. The molecule has 0 atom stereocenters. The minimum Gasteiger partial charge on any atom is -0.496 e. The lowest BCUT2D eigenvalue weighted by Crippen LogP contribution is -2.47. The molecule has 10 heteroatoms. The van der Waals surface area contributed by atoms with Crippen molar-refractivity contribution in [3.8, 4) is 22.6 Å². The van der Waals surface area contributed by atoms with Gasteiger partial charge in [-0.05, 0) is 43.0 Å². The molecule has 10 nitrogen and oxygen atoms in total. The van der Waals surface area contributed by atoms with Crippen LogP contribution in [0.5, 0.6) is 11.5 Å². The molecular weight excluding hydrogens is 482 g/mol. The summed E-state index contributed by atoms with van der Waals surface area (Å²) in [4.78, 5) is 25.9. The van der Waals surface area contributed by atoms with Crippen LogP contribution >= 0.6 is 0 Å². The number of aliphatic imine (C=N–C) groups is 1. The van der Waals surface area contributed by atoms with Crippen LogP contribution in [0, 0.1) is 0 Å². The van der Waals surface area contributed by atoms with Gasteiger partial charge < -0.3 is 19.9 Å². The zero-order chi connectivity index (χ0) is 27.2. The van der Waals surface area contributed by atoms with E-state index < -0.39 is 0 Å². The Bertz CT molecular complexity index is 1360. The van der Waals surface area contributed by atoms with Crippen molar-refractivity contribution in [2.24, 2.45) is 23.0 Å². The topological polar surface area (TPSA) is 111 Å². The third kappa shape index (κ3) is 6.03. The largest absolute Gasteiger partial charge is 0.496 e. The van der Waals surface area contributed by atoms with Crippen LogP contribution in [0.25, 0.3) is 21.9 Å². The zero-order valence-electron chi connectivity index (χ0n) is 22.8. The number of rotatable bonds is 9. The van der Waals surface area contributed by atoms with Gasteiger partial charge in [-0.25, -0.2) is 0 Å². The van der Waals surface area contributed by atoms with Crippen LogP contribution in [0.2, 0.25) is 0 Å². The van der Waals surface area contributed by atoms with Gasteiger partial charge in [0.05, 0.1) is 30.9 Å². The molecular formula is C28H37N7O3. The number of benzene rings is 1. The number of piperazine rings is 1. The van der Waals surface area contributed by atoms with E-state index in [0.29, 0.717) is 18.5 Å². The van der Waals surface area contributed by atoms with Gasteiger partial charge in [-0.3, -0.25) is 24.6 Å². The Balaban J connectivity index is 1.55. The fraction of sp³-hybridized carbons (Fsp3) is 0.429. The second kappa shape index (κ2) is 12.2. The van der Waals surface area contributed by atoms with Crippen molar-refractivity contribution >= 4 is 22.7 Å². The number of fused-ring (bicyclic) bond motifs is 1. The Morgan fingerprint density at radius 2 is 1.76 bits per heavy atom. The third-order valence-corrected chi connectivity index (χ3v) is 6.82. The highest BCUT2D eigenvalue weighted by molar-refractivity contribution is 6.31. The van der Waals surface area contributed by atoms with Crippen molar-refractivity contribution in [3.05, 3.63) is 52.7 Å². The number of hydrazone groups is 1. The smallest absolute Gasteiger partial charge is 0.259 e. The van der Waals surface area contributed by atoms with Gasteiger partial charge in [0, 0.05) is 82.7 Å². The number of nitrogens with two attached hydrogens (primary N) is 1. The van der Waals surface area contributed by atoms with E-state index in [4.69, 9.17) is 15.3 Å². The van der Waals surface area contributed by atoms with Crippen LogP contribution in [0.15, 0.2) is 51.7 Å². The van der Waals surface area contributed by atoms with Crippen molar-refractivity contribution in [2.45, 2.75) is 26.4 Å². The van der Waals surface area contributed by atoms with Crippen molar-refractivity contribution in [2.75, 3.05) is 46.9 Å².